The van der Waals surface area contributed by atoms with Gasteiger partial charge in [0.05, 0.1) is 18.4 Å². The van der Waals surface area contributed by atoms with E-state index in [4.69, 9.17) is 4.74 Å². The highest BCUT2D eigenvalue weighted by atomic mass is 19.1. The molecule has 0 atom stereocenters. The standard InChI is InChI=1S/C23H21F2N5O/c1-13(2)30-7-8-31-22-17(24)10-15(11-20(22)30)21-18(25)12-27-23(29-21)28-16-3-4-19-14(9-16)5-6-26-19/h3-6,9-13,26H,7-8H2,1-2H3,(H,27,28,29). The van der Waals surface area contributed by atoms with Gasteiger partial charge in [0.2, 0.25) is 5.95 Å². The van der Waals surface area contributed by atoms with Crippen LogP contribution in [-0.4, -0.2) is 34.1 Å². The number of ether oxygens (including phenoxy) is 1. The van der Waals surface area contributed by atoms with Crippen LogP contribution in [0.2, 0.25) is 0 Å². The van der Waals surface area contributed by atoms with Gasteiger partial charge in [-0.2, -0.15) is 0 Å². The third kappa shape index (κ3) is 3.54. The molecule has 0 aliphatic carbocycles. The van der Waals surface area contributed by atoms with E-state index in [9.17, 15) is 8.78 Å². The van der Waals surface area contributed by atoms with Crippen molar-refractivity contribution in [3.63, 3.8) is 0 Å². The topological polar surface area (TPSA) is 66.1 Å². The summed E-state index contributed by atoms with van der Waals surface area (Å²) in [7, 11) is 0. The number of aromatic nitrogens is 3. The van der Waals surface area contributed by atoms with Crippen LogP contribution in [0.4, 0.5) is 26.1 Å². The molecule has 1 aliphatic heterocycles. The zero-order chi connectivity index (χ0) is 21.5. The number of hydrogen-bond acceptors (Lipinski definition) is 5. The minimum atomic E-state index is -0.626. The normalized spacial score (nSPS) is 13.4. The molecule has 5 rings (SSSR count). The van der Waals surface area contributed by atoms with Gasteiger partial charge in [-0.15, -0.1) is 0 Å². The first-order chi connectivity index (χ1) is 15.0. The van der Waals surface area contributed by atoms with Crippen LogP contribution in [0.5, 0.6) is 5.75 Å². The van der Waals surface area contributed by atoms with Crippen molar-refractivity contribution < 1.29 is 13.5 Å². The Balaban J connectivity index is 1.53. The second-order valence-corrected chi connectivity index (χ2v) is 7.74. The quantitative estimate of drug-likeness (QED) is 0.471. The van der Waals surface area contributed by atoms with E-state index in [1.807, 2.05) is 49.2 Å². The molecule has 3 heterocycles. The zero-order valence-electron chi connectivity index (χ0n) is 17.1. The predicted molar refractivity (Wildman–Crippen MR) is 117 cm³/mol. The number of hydrogen-bond donors (Lipinski definition) is 2. The highest BCUT2D eigenvalue weighted by Crippen LogP contribution is 2.39. The molecule has 0 radical (unpaired) electrons. The largest absolute Gasteiger partial charge is 0.486 e. The summed E-state index contributed by atoms with van der Waals surface area (Å²) in [5.74, 6) is -0.750. The lowest BCUT2D eigenvalue weighted by Crippen LogP contribution is -2.38. The lowest BCUT2D eigenvalue weighted by Gasteiger charge is -2.34. The number of benzene rings is 2. The predicted octanol–water partition coefficient (Wildman–Crippen LogP) is 5.25. The Bertz CT molecular complexity index is 1270. The highest BCUT2D eigenvalue weighted by molar-refractivity contribution is 5.83. The van der Waals surface area contributed by atoms with E-state index in [2.05, 4.69) is 20.3 Å². The second kappa shape index (κ2) is 7.54. The molecule has 6 nitrogen and oxygen atoms in total. The van der Waals surface area contributed by atoms with Crippen molar-refractivity contribution in [1.82, 2.24) is 15.0 Å². The van der Waals surface area contributed by atoms with Crippen molar-refractivity contribution in [2.45, 2.75) is 19.9 Å². The van der Waals surface area contributed by atoms with E-state index >= 15 is 0 Å². The minimum Gasteiger partial charge on any atom is -0.486 e. The fraction of sp³-hybridized carbons (Fsp3) is 0.217. The number of H-pyrrole nitrogens is 1. The van der Waals surface area contributed by atoms with Gasteiger partial charge in [-0.05, 0) is 50.2 Å². The zero-order valence-corrected chi connectivity index (χ0v) is 17.1. The molecule has 2 aromatic heterocycles. The molecule has 0 bridgehead atoms. The lowest BCUT2D eigenvalue weighted by molar-refractivity contribution is 0.287. The lowest BCUT2D eigenvalue weighted by atomic mass is 10.1. The fourth-order valence-corrected chi connectivity index (χ4v) is 3.86. The Labute approximate surface area is 177 Å². The van der Waals surface area contributed by atoms with Gasteiger partial charge >= 0.3 is 0 Å². The van der Waals surface area contributed by atoms with E-state index < -0.39 is 11.6 Å². The number of rotatable bonds is 4. The van der Waals surface area contributed by atoms with Gasteiger partial charge in [0.25, 0.3) is 0 Å². The highest BCUT2D eigenvalue weighted by Gasteiger charge is 2.25. The van der Waals surface area contributed by atoms with Gasteiger partial charge in [-0.25, -0.2) is 18.7 Å². The number of anilines is 3. The maximum atomic E-state index is 14.8. The molecular weight excluding hydrogens is 400 g/mol. The van der Waals surface area contributed by atoms with Crippen molar-refractivity contribution in [2.75, 3.05) is 23.4 Å². The summed E-state index contributed by atoms with van der Waals surface area (Å²) in [6.45, 7) is 5.08. The first kappa shape index (κ1) is 19.3. The molecule has 0 saturated carbocycles. The van der Waals surface area contributed by atoms with E-state index in [0.717, 1.165) is 22.8 Å². The van der Waals surface area contributed by atoms with Gasteiger partial charge in [-0.3, -0.25) is 0 Å². The number of halogens is 2. The molecule has 2 N–H and O–H groups in total. The van der Waals surface area contributed by atoms with Crippen LogP contribution in [0.3, 0.4) is 0 Å². The molecule has 8 heteroatoms. The number of fused-ring (bicyclic) bond motifs is 2. The Hall–Kier alpha value is -3.68. The molecule has 0 fully saturated rings. The maximum absolute atomic E-state index is 14.8. The number of nitrogens with zero attached hydrogens (tertiary/aromatic N) is 3. The fourth-order valence-electron chi connectivity index (χ4n) is 3.86. The average molecular weight is 421 g/mol. The van der Waals surface area contributed by atoms with E-state index in [1.54, 1.807) is 6.07 Å². The Morgan fingerprint density at radius 1 is 1.13 bits per heavy atom. The Morgan fingerprint density at radius 2 is 2.00 bits per heavy atom. The van der Waals surface area contributed by atoms with Crippen molar-refractivity contribution in [2.24, 2.45) is 0 Å². The summed E-state index contributed by atoms with van der Waals surface area (Å²) in [5, 5.41) is 4.12. The second-order valence-electron chi connectivity index (χ2n) is 7.74. The van der Waals surface area contributed by atoms with E-state index in [1.165, 1.54) is 6.07 Å². The number of nitrogens with one attached hydrogen (secondary N) is 2. The van der Waals surface area contributed by atoms with Crippen molar-refractivity contribution in [3.05, 3.63) is 60.4 Å². The summed E-state index contributed by atoms with van der Waals surface area (Å²) in [6.07, 6.45) is 2.95. The smallest absolute Gasteiger partial charge is 0.227 e. The summed E-state index contributed by atoms with van der Waals surface area (Å²) in [5.41, 5.74) is 2.72. The summed E-state index contributed by atoms with van der Waals surface area (Å²) >= 11 is 0. The van der Waals surface area contributed by atoms with Crippen LogP contribution in [0.15, 0.2) is 48.8 Å². The molecule has 4 aromatic rings. The molecule has 0 amide bonds. The van der Waals surface area contributed by atoms with Crippen LogP contribution in [0, 0.1) is 11.6 Å². The van der Waals surface area contributed by atoms with Gasteiger partial charge in [0.15, 0.2) is 17.4 Å². The first-order valence-corrected chi connectivity index (χ1v) is 10.1. The summed E-state index contributed by atoms with van der Waals surface area (Å²) < 4.78 is 35.0. The Kier molecular flexibility index (Phi) is 4.69. The summed E-state index contributed by atoms with van der Waals surface area (Å²) in [4.78, 5) is 13.6. The molecule has 158 valence electrons. The van der Waals surface area contributed by atoms with Crippen LogP contribution < -0.4 is 15.0 Å². The molecule has 0 saturated heterocycles. The van der Waals surface area contributed by atoms with E-state index in [0.29, 0.717) is 24.4 Å². The van der Waals surface area contributed by atoms with Gasteiger partial charge in [-0.1, -0.05) is 0 Å². The number of aromatic amines is 1. The van der Waals surface area contributed by atoms with Crippen molar-refractivity contribution in [1.29, 1.82) is 0 Å². The van der Waals surface area contributed by atoms with Gasteiger partial charge < -0.3 is 19.9 Å². The Morgan fingerprint density at radius 3 is 2.84 bits per heavy atom. The summed E-state index contributed by atoms with van der Waals surface area (Å²) in [6, 6.07) is 10.8. The molecule has 31 heavy (non-hydrogen) atoms. The van der Waals surface area contributed by atoms with Crippen LogP contribution in [-0.2, 0) is 0 Å². The van der Waals surface area contributed by atoms with Crippen LogP contribution >= 0.6 is 0 Å². The third-order valence-electron chi connectivity index (χ3n) is 5.36. The average Bonchev–Trinajstić information content (AvgIpc) is 3.22. The molecule has 2 aromatic carbocycles. The van der Waals surface area contributed by atoms with Crippen LogP contribution in [0.25, 0.3) is 22.2 Å². The third-order valence-corrected chi connectivity index (χ3v) is 5.36. The van der Waals surface area contributed by atoms with Gasteiger partial charge in [0.1, 0.15) is 12.3 Å². The molecule has 1 aliphatic rings. The van der Waals surface area contributed by atoms with Crippen molar-refractivity contribution >= 4 is 28.2 Å². The van der Waals surface area contributed by atoms with E-state index in [-0.39, 0.29) is 23.4 Å². The molecule has 0 unspecified atom stereocenters. The molecule has 0 spiro atoms. The van der Waals surface area contributed by atoms with Crippen molar-refractivity contribution in [3.8, 4) is 17.0 Å². The minimum absolute atomic E-state index is 0.0243. The van der Waals surface area contributed by atoms with Gasteiger partial charge in [0, 0.05) is 34.4 Å². The van der Waals surface area contributed by atoms with Crippen LogP contribution in [0.1, 0.15) is 13.8 Å². The monoisotopic (exact) mass is 421 g/mol. The SMILES string of the molecule is CC(C)N1CCOc2c(F)cc(-c3nc(Nc4ccc5[nH]ccc5c4)ncc3F)cc21. The first-order valence-electron chi connectivity index (χ1n) is 10.1. The molecular formula is C23H21F2N5O. The maximum Gasteiger partial charge on any atom is 0.227 e.